The topological polar surface area (TPSA) is 89.3 Å². The van der Waals surface area contributed by atoms with Gasteiger partial charge in [-0.1, -0.05) is 36.4 Å². The first kappa shape index (κ1) is 22.1. The molecule has 0 fully saturated rings. The molecule has 1 heterocycles. The van der Waals surface area contributed by atoms with Gasteiger partial charge in [-0.15, -0.1) is 0 Å². The van der Waals surface area contributed by atoms with Gasteiger partial charge in [0.1, 0.15) is 18.2 Å². The number of pyridine rings is 1. The first-order valence-electron chi connectivity index (χ1n) is 10.8. The Hall–Kier alpha value is -4.72. The van der Waals surface area contributed by atoms with Crippen molar-refractivity contribution in [3.05, 3.63) is 102 Å². The van der Waals surface area contributed by atoms with Gasteiger partial charge in [-0.3, -0.25) is 5.32 Å². The fourth-order valence-corrected chi connectivity index (χ4v) is 3.92. The van der Waals surface area contributed by atoms with E-state index in [1.165, 1.54) is 0 Å². The zero-order valence-corrected chi connectivity index (χ0v) is 18.4. The number of amides is 1. The lowest BCUT2D eigenvalue weighted by atomic mass is 10.1. The monoisotopic (exact) mass is 470 g/mol. The van der Waals surface area contributed by atoms with Crippen LogP contribution in [-0.4, -0.2) is 11.1 Å². The second-order valence-corrected chi connectivity index (χ2v) is 7.97. The van der Waals surface area contributed by atoms with E-state index in [1.807, 2.05) is 54.6 Å². The maximum atomic E-state index is 13.3. The van der Waals surface area contributed by atoms with E-state index in [1.54, 1.807) is 12.1 Å². The Balaban J connectivity index is 1.38. The maximum absolute atomic E-state index is 13.3. The van der Waals surface area contributed by atoms with Crippen LogP contribution < -0.4 is 16.4 Å². The average Bonchev–Trinajstić information content (AvgIpc) is 2.82. The van der Waals surface area contributed by atoms with Gasteiger partial charge >= 0.3 is 6.09 Å². The van der Waals surface area contributed by atoms with Crippen molar-refractivity contribution in [3.63, 3.8) is 0 Å². The van der Waals surface area contributed by atoms with Crippen molar-refractivity contribution in [2.24, 2.45) is 0 Å². The van der Waals surface area contributed by atoms with Crippen LogP contribution in [0.1, 0.15) is 5.56 Å². The molecule has 0 unspecified atom stereocenters. The number of anilines is 4. The number of ether oxygens (including phenoxy) is 1. The third-order valence-corrected chi connectivity index (χ3v) is 5.35. The summed E-state index contributed by atoms with van der Waals surface area (Å²) in [6, 6.07) is 23.7. The number of nitrogen functional groups attached to an aromatic ring is 1. The molecule has 35 heavy (non-hydrogen) atoms. The van der Waals surface area contributed by atoms with Gasteiger partial charge in [-0.2, -0.15) is 0 Å². The molecule has 0 spiro atoms. The van der Waals surface area contributed by atoms with Crippen LogP contribution in [0, 0.1) is 11.6 Å². The lowest BCUT2D eigenvalue weighted by molar-refractivity contribution is 0.155. The Kier molecular flexibility index (Phi) is 5.85. The zero-order valence-electron chi connectivity index (χ0n) is 18.4. The first-order valence-corrected chi connectivity index (χ1v) is 10.8. The van der Waals surface area contributed by atoms with Crippen LogP contribution in [-0.2, 0) is 11.3 Å². The molecule has 8 heteroatoms. The van der Waals surface area contributed by atoms with Gasteiger partial charge in [0, 0.05) is 33.9 Å². The predicted octanol–water partition coefficient (Wildman–Crippen LogP) is 6.74. The van der Waals surface area contributed by atoms with Gasteiger partial charge in [0.25, 0.3) is 0 Å². The highest BCUT2D eigenvalue weighted by Gasteiger charge is 2.11. The number of nitrogens with one attached hydrogen (secondary N) is 2. The van der Waals surface area contributed by atoms with E-state index in [4.69, 9.17) is 15.5 Å². The number of aromatic nitrogens is 1. The molecule has 0 bridgehead atoms. The van der Waals surface area contributed by atoms with Crippen LogP contribution in [0.15, 0.2) is 84.9 Å². The number of nitrogens with two attached hydrogens (primary N) is 1. The standard InChI is InChI=1S/C27H20F2N4O2/c28-17-11-18(29)13-21(12-17)32-27(34)35-15-16-9-19(30)14-20(10-16)31-26-22-5-1-3-7-24(22)33-25-8-4-2-6-23(25)26/h1-14H,15,30H2,(H,31,33)(H,32,34). The lowest BCUT2D eigenvalue weighted by Gasteiger charge is -2.15. The van der Waals surface area contributed by atoms with E-state index in [9.17, 15) is 13.6 Å². The minimum Gasteiger partial charge on any atom is -0.444 e. The average molecular weight is 470 g/mol. The van der Waals surface area contributed by atoms with Crippen LogP contribution in [0.4, 0.5) is 36.3 Å². The van der Waals surface area contributed by atoms with Crippen molar-refractivity contribution in [3.8, 4) is 0 Å². The van der Waals surface area contributed by atoms with Crippen molar-refractivity contribution >= 4 is 50.6 Å². The van der Waals surface area contributed by atoms with Crippen LogP contribution in [0.3, 0.4) is 0 Å². The van der Waals surface area contributed by atoms with Crippen molar-refractivity contribution < 1.29 is 18.3 Å². The molecule has 174 valence electrons. The number of nitrogens with zero attached hydrogens (tertiary/aromatic N) is 1. The minimum absolute atomic E-state index is 0.0427. The third kappa shape index (κ3) is 4.96. The van der Waals surface area contributed by atoms with Gasteiger partial charge in [0.15, 0.2) is 0 Å². The molecular weight excluding hydrogens is 450 g/mol. The number of rotatable bonds is 5. The number of carbonyl (C=O) groups is 1. The van der Waals surface area contributed by atoms with E-state index in [0.717, 1.165) is 39.6 Å². The number of para-hydroxylation sites is 2. The van der Waals surface area contributed by atoms with Crippen molar-refractivity contribution in [2.75, 3.05) is 16.4 Å². The zero-order chi connectivity index (χ0) is 24.4. The van der Waals surface area contributed by atoms with Crippen LogP contribution in [0.5, 0.6) is 0 Å². The molecule has 4 aromatic carbocycles. The summed E-state index contributed by atoms with van der Waals surface area (Å²) in [4.78, 5) is 16.9. The molecule has 4 N–H and O–H groups in total. The second-order valence-electron chi connectivity index (χ2n) is 7.97. The van der Waals surface area contributed by atoms with Crippen LogP contribution in [0.25, 0.3) is 21.8 Å². The number of fused-ring (bicyclic) bond motifs is 2. The summed E-state index contributed by atoms with van der Waals surface area (Å²) in [5.74, 6) is -1.61. The minimum atomic E-state index is -0.849. The molecule has 0 aliphatic rings. The van der Waals surface area contributed by atoms with Crippen LogP contribution >= 0.6 is 0 Å². The Bertz CT molecular complexity index is 1500. The third-order valence-electron chi connectivity index (χ3n) is 5.35. The molecule has 5 rings (SSSR count). The van der Waals surface area contributed by atoms with E-state index < -0.39 is 17.7 Å². The summed E-state index contributed by atoms with van der Waals surface area (Å²) in [6.07, 6.45) is -0.849. The molecule has 1 aromatic heterocycles. The predicted molar refractivity (Wildman–Crippen MR) is 134 cm³/mol. The molecule has 6 nitrogen and oxygen atoms in total. The number of halogens is 2. The normalized spacial score (nSPS) is 10.9. The largest absolute Gasteiger partial charge is 0.444 e. The summed E-state index contributed by atoms with van der Waals surface area (Å²) in [5, 5.41) is 7.66. The molecule has 1 amide bonds. The van der Waals surface area contributed by atoms with Gasteiger partial charge in [0.05, 0.1) is 16.7 Å². The number of hydrogen-bond acceptors (Lipinski definition) is 5. The molecule has 0 saturated carbocycles. The molecule has 0 saturated heterocycles. The molecule has 0 aliphatic heterocycles. The van der Waals surface area contributed by atoms with Gasteiger partial charge < -0.3 is 15.8 Å². The number of benzene rings is 4. The molecule has 0 radical (unpaired) electrons. The Morgan fingerprint density at radius 3 is 2.11 bits per heavy atom. The summed E-state index contributed by atoms with van der Waals surface area (Å²) in [5.41, 5.74) is 10.5. The van der Waals surface area contributed by atoms with E-state index in [2.05, 4.69) is 10.6 Å². The SMILES string of the molecule is Nc1cc(COC(=O)Nc2cc(F)cc(F)c2)cc(Nc2c3ccccc3nc3ccccc23)c1. The summed E-state index contributed by atoms with van der Waals surface area (Å²) in [6.45, 7) is -0.0960. The van der Waals surface area contributed by atoms with E-state index in [0.29, 0.717) is 23.0 Å². The summed E-state index contributed by atoms with van der Waals surface area (Å²) in [7, 11) is 0. The quantitative estimate of drug-likeness (QED) is 0.196. The Morgan fingerprint density at radius 1 is 0.829 bits per heavy atom. The maximum Gasteiger partial charge on any atom is 0.411 e. The second kappa shape index (κ2) is 9.26. The molecule has 5 aromatic rings. The van der Waals surface area contributed by atoms with E-state index >= 15 is 0 Å². The Labute approximate surface area is 199 Å². The summed E-state index contributed by atoms with van der Waals surface area (Å²) >= 11 is 0. The molecule has 0 aliphatic carbocycles. The van der Waals surface area contributed by atoms with Crippen LogP contribution in [0.2, 0.25) is 0 Å². The van der Waals surface area contributed by atoms with Gasteiger partial charge in [0.2, 0.25) is 0 Å². The highest BCUT2D eigenvalue weighted by molar-refractivity contribution is 6.08. The highest BCUT2D eigenvalue weighted by atomic mass is 19.1. The van der Waals surface area contributed by atoms with Gasteiger partial charge in [-0.05, 0) is 48.0 Å². The fraction of sp³-hybridized carbons (Fsp3) is 0.0370. The number of carbonyl (C=O) groups excluding carboxylic acids is 1. The lowest BCUT2D eigenvalue weighted by Crippen LogP contribution is -2.14. The highest BCUT2D eigenvalue weighted by Crippen LogP contribution is 2.33. The first-order chi connectivity index (χ1) is 16.9. The smallest absolute Gasteiger partial charge is 0.411 e. The van der Waals surface area contributed by atoms with Crippen molar-refractivity contribution in [1.82, 2.24) is 4.98 Å². The number of hydrogen-bond donors (Lipinski definition) is 3. The molecule has 0 atom stereocenters. The van der Waals surface area contributed by atoms with Crippen molar-refractivity contribution in [1.29, 1.82) is 0 Å². The fourth-order valence-electron chi connectivity index (χ4n) is 3.92. The Morgan fingerprint density at radius 2 is 1.46 bits per heavy atom. The molecular formula is C27H20F2N4O2. The summed E-state index contributed by atoms with van der Waals surface area (Å²) < 4.78 is 31.9. The van der Waals surface area contributed by atoms with Gasteiger partial charge in [-0.25, -0.2) is 18.6 Å². The van der Waals surface area contributed by atoms with Crippen molar-refractivity contribution in [2.45, 2.75) is 6.61 Å². The van der Waals surface area contributed by atoms with E-state index in [-0.39, 0.29) is 12.3 Å².